The van der Waals surface area contributed by atoms with E-state index in [1.165, 1.54) is 11.1 Å². The Bertz CT molecular complexity index is 297. The number of allylic oxidation sites excluding steroid dienone is 1. The van der Waals surface area contributed by atoms with Crippen molar-refractivity contribution in [3.05, 3.63) is 35.7 Å². The lowest BCUT2D eigenvalue weighted by Crippen LogP contribution is -1.75. The highest BCUT2D eigenvalue weighted by molar-refractivity contribution is 5.64. The Balaban J connectivity index is 0. The first-order valence-electron chi connectivity index (χ1n) is 5.01. The highest BCUT2D eigenvalue weighted by Gasteiger charge is 1.99. The lowest BCUT2D eigenvalue weighted by atomic mass is 10.1. The molecule has 1 aromatic rings. The number of rotatable bonds is 2. The summed E-state index contributed by atoms with van der Waals surface area (Å²) in [5.41, 5.74) is 3.60. The number of carbonyl (C=O) groups is 1. The molecule has 0 radical (unpaired) electrons. The SMILES string of the molecule is C=Cc1[nH]cc(C)c1/C=C\C.C=O.CC. The molecule has 0 amide bonds. The number of carbonyl (C=O) groups excluding carboxylic acids is 1. The third kappa shape index (κ3) is 5.01. The topological polar surface area (TPSA) is 32.9 Å². The summed E-state index contributed by atoms with van der Waals surface area (Å²) in [6.07, 6.45) is 7.95. The predicted octanol–water partition coefficient (Wildman–Crippen LogP) is 3.84. The van der Waals surface area contributed by atoms with Crippen molar-refractivity contribution < 1.29 is 4.79 Å². The number of H-pyrrole nitrogens is 1. The van der Waals surface area contributed by atoms with Crippen LogP contribution in [0.2, 0.25) is 0 Å². The molecule has 0 aliphatic carbocycles. The van der Waals surface area contributed by atoms with E-state index in [-0.39, 0.29) is 0 Å². The Labute approximate surface area is 92.7 Å². The molecule has 0 saturated carbocycles. The number of hydrogen-bond donors (Lipinski definition) is 1. The van der Waals surface area contributed by atoms with Crippen LogP contribution in [-0.4, -0.2) is 11.8 Å². The fourth-order valence-corrected chi connectivity index (χ4v) is 1.11. The minimum absolute atomic E-state index is 1.10. The maximum atomic E-state index is 8.00. The van der Waals surface area contributed by atoms with Crippen molar-refractivity contribution in [3.63, 3.8) is 0 Å². The predicted molar refractivity (Wildman–Crippen MR) is 68.8 cm³/mol. The molecule has 0 aromatic carbocycles. The van der Waals surface area contributed by atoms with Gasteiger partial charge in [0.2, 0.25) is 0 Å². The van der Waals surface area contributed by atoms with Crippen molar-refractivity contribution in [2.24, 2.45) is 0 Å². The van der Waals surface area contributed by atoms with Crippen molar-refractivity contribution in [2.45, 2.75) is 27.7 Å². The zero-order valence-electron chi connectivity index (χ0n) is 10.1. The van der Waals surface area contributed by atoms with Gasteiger partial charge in [0.15, 0.2) is 0 Å². The second-order valence-electron chi connectivity index (χ2n) is 2.50. The number of aromatic amines is 1. The monoisotopic (exact) mass is 207 g/mol. The van der Waals surface area contributed by atoms with Crippen molar-refractivity contribution in [1.29, 1.82) is 0 Å². The van der Waals surface area contributed by atoms with Crippen LogP contribution in [0.1, 0.15) is 37.6 Å². The zero-order chi connectivity index (χ0) is 12.3. The Morgan fingerprint density at radius 3 is 2.27 bits per heavy atom. The van der Waals surface area contributed by atoms with Gasteiger partial charge in [0.25, 0.3) is 0 Å². The van der Waals surface area contributed by atoms with Crippen LogP contribution in [-0.2, 0) is 4.79 Å². The van der Waals surface area contributed by atoms with E-state index in [1.807, 2.05) is 45.9 Å². The standard InChI is InChI=1S/C10H13N.C2H6.CH2O/c1-4-6-9-8(3)7-11-10(9)5-2;2*1-2/h4-7,11H,2H2,1,3H3;1-2H3;1H2/b6-4-;;. The molecule has 15 heavy (non-hydrogen) atoms. The molecule has 0 atom stereocenters. The minimum Gasteiger partial charge on any atom is -0.361 e. The van der Waals surface area contributed by atoms with Gasteiger partial charge in [-0.25, -0.2) is 0 Å². The molecule has 1 N–H and O–H groups in total. The van der Waals surface area contributed by atoms with E-state index in [4.69, 9.17) is 4.79 Å². The molecule has 2 heteroatoms. The molecule has 0 aliphatic rings. The van der Waals surface area contributed by atoms with Gasteiger partial charge in [-0.05, 0) is 25.5 Å². The maximum absolute atomic E-state index is 8.00. The number of aryl methyl sites for hydroxylation is 1. The van der Waals surface area contributed by atoms with Crippen molar-refractivity contribution in [3.8, 4) is 0 Å². The van der Waals surface area contributed by atoms with Crippen molar-refractivity contribution in [1.82, 2.24) is 4.98 Å². The molecular weight excluding hydrogens is 186 g/mol. The Morgan fingerprint density at radius 1 is 1.33 bits per heavy atom. The zero-order valence-corrected chi connectivity index (χ0v) is 10.1. The number of nitrogens with one attached hydrogen (secondary N) is 1. The van der Waals surface area contributed by atoms with Crippen LogP contribution in [0.4, 0.5) is 0 Å². The largest absolute Gasteiger partial charge is 0.361 e. The fraction of sp³-hybridized carbons (Fsp3) is 0.308. The van der Waals surface area contributed by atoms with Gasteiger partial charge in [0, 0.05) is 17.5 Å². The average molecular weight is 207 g/mol. The molecule has 0 aliphatic heterocycles. The van der Waals surface area contributed by atoms with Gasteiger partial charge in [-0.15, -0.1) is 0 Å². The molecule has 2 nitrogen and oxygen atoms in total. The first-order valence-corrected chi connectivity index (χ1v) is 5.01. The molecule has 1 rings (SSSR count). The molecule has 0 unspecified atom stereocenters. The van der Waals surface area contributed by atoms with Gasteiger partial charge >= 0.3 is 0 Å². The van der Waals surface area contributed by atoms with Crippen LogP contribution in [0, 0.1) is 6.92 Å². The molecule has 1 heterocycles. The first-order chi connectivity index (χ1) is 7.29. The van der Waals surface area contributed by atoms with E-state index in [1.54, 1.807) is 0 Å². The summed E-state index contributed by atoms with van der Waals surface area (Å²) < 4.78 is 0. The van der Waals surface area contributed by atoms with E-state index >= 15 is 0 Å². The quantitative estimate of drug-likeness (QED) is 0.785. The van der Waals surface area contributed by atoms with Crippen LogP contribution in [0.3, 0.4) is 0 Å². The van der Waals surface area contributed by atoms with Crippen LogP contribution in [0.5, 0.6) is 0 Å². The maximum Gasteiger partial charge on any atom is 0.106 e. The van der Waals surface area contributed by atoms with Gasteiger partial charge in [-0.1, -0.05) is 32.6 Å². The molecule has 0 fully saturated rings. The minimum atomic E-state index is 1.10. The summed E-state index contributed by atoms with van der Waals surface area (Å²) in [7, 11) is 0. The van der Waals surface area contributed by atoms with Crippen LogP contribution >= 0.6 is 0 Å². The molecule has 84 valence electrons. The van der Waals surface area contributed by atoms with E-state index in [9.17, 15) is 0 Å². The second kappa shape index (κ2) is 10.5. The third-order valence-electron chi connectivity index (χ3n) is 1.70. The van der Waals surface area contributed by atoms with Gasteiger partial charge < -0.3 is 9.78 Å². The normalized spacial score (nSPS) is 8.53. The highest BCUT2D eigenvalue weighted by Crippen LogP contribution is 2.15. The van der Waals surface area contributed by atoms with Crippen LogP contribution in [0.15, 0.2) is 18.9 Å². The van der Waals surface area contributed by atoms with Gasteiger partial charge in [-0.3, -0.25) is 0 Å². The molecule has 0 saturated heterocycles. The summed E-state index contributed by atoms with van der Waals surface area (Å²) in [6, 6.07) is 0. The fourth-order valence-electron chi connectivity index (χ4n) is 1.11. The summed E-state index contributed by atoms with van der Waals surface area (Å²) in [4.78, 5) is 11.1. The van der Waals surface area contributed by atoms with Crippen LogP contribution in [0.25, 0.3) is 12.2 Å². The summed E-state index contributed by atoms with van der Waals surface area (Å²) >= 11 is 0. The van der Waals surface area contributed by atoms with E-state index in [2.05, 4.69) is 24.6 Å². The van der Waals surface area contributed by atoms with Crippen molar-refractivity contribution >= 4 is 18.9 Å². The third-order valence-corrected chi connectivity index (χ3v) is 1.70. The molecule has 0 bridgehead atoms. The van der Waals surface area contributed by atoms with E-state index < -0.39 is 0 Å². The Hall–Kier alpha value is -1.57. The van der Waals surface area contributed by atoms with Gasteiger partial charge in [-0.2, -0.15) is 0 Å². The van der Waals surface area contributed by atoms with E-state index in [0.29, 0.717) is 0 Å². The Kier molecular flexibility index (Phi) is 11.1. The molecular formula is C13H21NO. The number of hydrogen-bond acceptors (Lipinski definition) is 1. The molecule has 0 spiro atoms. The van der Waals surface area contributed by atoms with Gasteiger partial charge in [0.05, 0.1) is 0 Å². The summed E-state index contributed by atoms with van der Waals surface area (Å²) in [5, 5.41) is 0. The van der Waals surface area contributed by atoms with Crippen molar-refractivity contribution in [2.75, 3.05) is 0 Å². The highest BCUT2D eigenvalue weighted by atomic mass is 16.1. The molecule has 1 aromatic heterocycles. The van der Waals surface area contributed by atoms with Crippen LogP contribution < -0.4 is 0 Å². The van der Waals surface area contributed by atoms with E-state index in [0.717, 1.165) is 5.69 Å². The smallest absolute Gasteiger partial charge is 0.106 e. The number of aromatic nitrogens is 1. The lowest BCUT2D eigenvalue weighted by molar-refractivity contribution is -0.0979. The Morgan fingerprint density at radius 2 is 1.87 bits per heavy atom. The first kappa shape index (κ1) is 15.9. The lowest BCUT2D eigenvalue weighted by Gasteiger charge is -1.92. The second-order valence-corrected chi connectivity index (χ2v) is 2.50. The average Bonchev–Trinajstić information content (AvgIpc) is 2.66. The van der Waals surface area contributed by atoms with Gasteiger partial charge in [0.1, 0.15) is 6.79 Å². The summed E-state index contributed by atoms with van der Waals surface area (Å²) in [6.45, 7) is 13.8. The summed E-state index contributed by atoms with van der Waals surface area (Å²) in [5.74, 6) is 0.